The van der Waals surface area contributed by atoms with Gasteiger partial charge in [-0.2, -0.15) is 0 Å². The SMILES string of the molecule is CCc1c(C(=O)N2CCOc3ccc(-c4ccc(NC(=O)CN(C)C(=O)OC(C)(C)C)nc4)cc3C2)ccc(S(=O)(=O)CC)c1F. The zero-order valence-electron chi connectivity index (χ0n) is 26.8. The van der Waals surface area contributed by atoms with Crippen molar-refractivity contribution in [1.82, 2.24) is 14.8 Å². The molecular weight excluding hydrogens is 615 g/mol. The van der Waals surface area contributed by atoms with Crippen LogP contribution in [-0.2, 0) is 32.3 Å². The molecule has 0 saturated heterocycles. The summed E-state index contributed by atoms with van der Waals surface area (Å²) in [6, 6.07) is 11.5. The lowest BCUT2D eigenvalue weighted by atomic mass is 10.0. The lowest BCUT2D eigenvalue weighted by molar-refractivity contribution is -0.117. The second-order valence-electron chi connectivity index (χ2n) is 11.9. The van der Waals surface area contributed by atoms with Crippen LogP contribution in [-0.4, -0.2) is 79.2 Å². The normalized spacial score (nSPS) is 13.2. The molecule has 46 heavy (non-hydrogen) atoms. The Labute approximate surface area is 268 Å². The first-order chi connectivity index (χ1) is 21.6. The minimum atomic E-state index is -3.79. The molecule has 0 spiro atoms. The van der Waals surface area contributed by atoms with Crippen molar-refractivity contribution >= 4 is 33.6 Å². The predicted molar refractivity (Wildman–Crippen MR) is 171 cm³/mol. The Morgan fingerprint density at radius 3 is 2.43 bits per heavy atom. The summed E-state index contributed by atoms with van der Waals surface area (Å²) in [6.07, 6.45) is 1.13. The molecule has 0 aliphatic carbocycles. The molecule has 13 heteroatoms. The molecule has 0 fully saturated rings. The first-order valence-electron chi connectivity index (χ1n) is 14.9. The van der Waals surface area contributed by atoms with E-state index in [1.54, 1.807) is 50.9 Å². The van der Waals surface area contributed by atoms with E-state index in [0.29, 0.717) is 11.6 Å². The number of nitrogens with zero attached hydrogens (tertiary/aromatic N) is 3. The molecule has 1 aliphatic heterocycles. The molecule has 0 bridgehead atoms. The van der Waals surface area contributed by atoms with E-state index in [0.717, 1.165) is 16.7 Å². The maximum atomic E-state index is 15.3. The standard InChI is InChI=1S/C33H39FN4O7S/c1-7-24-25(11-13-27(30(24)34)46(42,43)8-2)31(40)38-15-16-44-26-12-9-21(17-23(26)19-38)22-10-14-28(35-18-22)36-29(39)20-37(6)32(41)45-33(3,4)5/h9-14,17-18H,7-8,15-16,19-20H2,1-6H3,(H,35,36,39). The Balaban J connectivity index is 1.49. The fourth-order valence-electron chi connectivity index (χ4n) is 4.90. The molecule has 3 amide bonds. The van der Waals surface area contributed by atoms with Gasteiger partial charge in [0.05, 0.1) is 12.3 Å². The number of fused-ring (bicyclic) bond motifs is 1. The number of ether oxygens (including phenoxy) is 2. The number of sulfone groups is 1. The van der Waals surface area contributed by atoms with Crippen LogP contribution in [0.4, 0.5) is 15.0 Å². The van der Waals surface area contributed by atoms with Crippen LogP contribution in [0.15, 0.2) is 53.6 Å². The van der Waals surface area contributed by atoms with Gasteiger partial charge in [-0.25, -0.2) is 22.6 Å². The maximum Gasteiger partial charge on any atom is 0.410 e. The quantitative estimate of drug-likeness (QED) is 0.355. The second kappa shape index (κ2) is 13.9. The van der Waals surface area contributed by atoms with E-state index in [2.05, 4.69) is 10.3 Å². The van der Waals surface area contributed by atoms with Crippen LogP contribution in [0.5, 0.6) is 5.75 Å². The smallest absolute Gasteiger partial charge is 0.410 e. The molecule has 0 saturated carbocycles. The highest BCUT2D eigenvalue weighted by Gasteiger charge is 2.28. The van der Waals surface area contributed by atoms with Gasteiger partial charge in [0.15, 0.2) is 9.84 Å². The topological polar surface area (TPSA) is 135 Å². The van der Waals surface area contributed by atoms with Crippen LogP contribution in [0.3, 0.4) is 0 Å². The third-order valence-electron chi connectivity index (χ3n) is 7.28. The van der Waals surface area contributed by atoms with Crippen LogP contribution in [0.25, 0.3) is 11.1 Å². The predicted octanol–water partition coefficient (Wildman–Crippen LogP) is 5.08. The van der Waals surface area contributed by atoms with Gasteiger partial charge in [-0.15, -0.1) is 0 Å². The highest BCUT2D eigenvalue weighted by molar-refractivity contribution is 7.91. The Hall–Kier alpha value is -4.52. The molecule has 1 N–H and O–H groups in total. The number of likely N-dealkylation sites (N-methyl/N-ethyl adjacent to an activating group) is 1. The number of rotatable bonds is 8. The van der Waals surface area contributed by atoms with Crippen molar-refractivity contribution in [3.8, 4) is 16.9 Å². The number of nitrogens with one attached hydrogen (secondary N) is 1. The van der Waals surface area contributed by atoms with E-state index in [9.17, 15) is 22.8 Å². The van der Waals surface area contributed by atoms with Crippen molar-refractivity contribution in [2.24, 2.45) is 0 Å². The second-order valence-corrected chi connectivity index (χ2v) is 14.1. The lowest BCUT2D eigenvalue weighted by Crippen LogP contribution is -2.38. The molecule has 0 unspecified atom stereocenters. The van der Waals surface area contributed by atoms with E-state index in [1.807, 2.05) is 18.2 Å². The number of aromatic nitrogens is 1. The number of halogens is 1. The van der Waals surface area contributed by atoms with E-state index in [4.69, 9.17) is 9.47 Å². The number of anilines is 1. The van der Waals surface area contributed by atoms with Crippen LogP contribution in [0.1, 0.15) is 56.1 Å². The van der Waals surface area contributed by atoms with Gasteiger partial charge in [0, 0.05) is 42.0 Å². The Bertz CT molecular complexity index is 1740. The number of hydrogen-bond acceptors (Lipinski definition) is 8. The van der Waals surface area contributed by atoms with Gasteiger partial charge in [-0.05, 0) is 69.2 Å². The summed E-state index contributed by atoms with van der Waals surface area (Å²) in [6.45, 7) is 8.80. The lowest BCUT2D eigenvalue weighted by Gasteiger charge is -2.24. The Morgan fingerprint density at radius 1 is 1.09 bits per heavy atom. The largest absolute Gasteiger partial charge is 0.491 e. The zero-order chi connectivity index (χ0) is 33.8. The van der Waals surface area contributed by atoms with Gasteiger partial charge >= 0.3 is 6.09 Å². The van der Waals surface area contributed by atoms with E-state index in [1.165, 1.54) is 31.0 Å². The monoisotopic (exact) mass is 654 g/mol. The molecule has 1 aromatic heterocycles. The van der Waals surface area contributed by atoms with Crippen molar-refractivity contribution in [3.63, 3.8) is 0 Å². The summed E-state index contributed by atoms with van der Waals surface area (Å²) in [5.74, 6) is -1.07. The van der Waals surface area contributed by atoms with Crippen molar-refractivity contribution in [2.45, 2.75) is 58.1 Å². The molecule has 2 aromatic carbocycles. The van der Waals surface area contributed by atoms with Crippen molar-refractivity contribution in [1.29, 1.82) is 0 Å². The highest BCUT2D eigenvalue weighted by atomic mass is 32.2. The minimum Gasteiger partial charge on any atom is -0.491 e. The molecule has 4 rings (SSSR count). The molecule has 246 valence electrons. The van der Waals surface area contributed by atoms with Crippen LogP contribution in [0, 0.1) is 5.82 Å². The fourth-order valence-corrected chi connectivity index (χ4v) is 5.88. The summed E-state index contributed by atoms with van der Waals surface area (Å²) in [5.41, 5.74) is 1.77. The van der Waals surface area contributed by atoms with Crippen molar-refractivity contribution in [3.05, 3.63) is 71.2 Å². The number of pyridine rings is 1. The molecule has 2 heterocycles. The molecule has 0 atom stereocenters. The van der Waals surface area contributed by atoms with Gasteiger partial charge in [-0.1, -0.05) is 19.9 Å². The van der Waals surface area contributed by atoms with E-state index >= 15 is 4.39 Å². The number of carbonyl (C=O) groups is 3. The summed E-state index contributed by atoms with van der Waals surface area (Å²) in [4.78, 5) is 44.9. The first kappa shape index (κ1) is 34.4. The van der Waals surface area contributed by atoms with Crippen LogP contribution >= 0.6 is 0 Å². The maximum absolute atomic E-state index is 15.3. The third-order valence-corrected chi connectivity index (χ3v) is 9.03. The summed E-state index contributed by atoms with van der Waals surface area (Å²) >= 11 is 0. The van der Waals surface area contributed by atoms with E-state index < -0.39 is 44.1 Å². The number of benzene rings is 2. The fraction of sp³-hybridized carbons (Fsp3) is 0.394. The highest BCUT2D eigenvalue weighted by Crippen LogP contribution is 2.31. The van der Waals surface area contributed by atoms with Crippen LogP contribution < -0.4 is 10.1 Å². The third kappa shape index (κ3) is 8.00. The average molecular weight is 655 g/mol. The Kier molecular flexibility index (Phi) is 10.3. The minimum absolute atomic E-state index is 0.0633. The first-order valence-corrected chi connectivity index (χ1v) is 16.6. The van der Waals surface area contributed by atoms with Gasteiger partial charge < -0.3 is 24.6 Å². The summed E-state index contributed by atoms with van der Waals surface area (Å²) in [7, 11) is -2.32. The number of carbonyl (C=O) groups excluding carboxylic acids is 3. The molecule has 1 aliphatic rings. The number of amides is 3. The van der Waals surface area contributed by atoms with Gasteiger partial charge in [0.1, 0.15) is 41.0 Å². The summed E-state index contributed by atoms with van der Waals surface area (Å²) < 4.78 is 51.2. The molecular formula is C33H39FN4O7S. The van der Waals surface area contributed by atoms with Crippen LogP contribution in [0.2, 0.25) is 0 Å². The van der Waals surface area contributed by atoms with Gasteiger partial charge in [0.2, 0.25) is 5.91 Å². The Morgan fingerprint density at radius 2 is 1.80 bits per heavy atom. The molecule has 11 nitrogen and oxygen atoms in total. The van der Waals surface area contributed by atoms with Gasteiger partial charge in [-0.3, -0.25) is 9.59 Å². The van der Waals surface area contributed by atoms with Gasteiger partial charge in [0.25, 0.3) is 5.91 Å². The molecule has 3 aromatic rings. The van der Waals surface area contributed by atoms with Crippen molar-refractivity contribution < 1.29 is 36.7 Å². The number of hydrogen-bond donors (Lipinski definition) is 1. The summed E-state index contributed by atoms with van der Waals surface area (Å²) in [5, 5.41) is 2.67. The average Bonchev–Trinajstić information content (AvgIpc) is 3.22. The zero-order valence-corrected chi connectivity index (χ0v) is 27.7. The molecule has 0 radical (unpaired) electrons. The van der Waals surface area contributed by atoms with Crippen molar-refractivity contribution in [2.75, 3.05) is 37.8 Å². The van der Waals surface area contributed by atoms with E-state index in [-0.39, 0.29) is 49.5 Å².